The summed E-state index contributed by atoms with van der Waals surface area (Å²) in [7, 11) is 0. The average molecular weight is 1080 g/mol. The number of para-hydroxylation sites is 1. The first-order valence-electron chi connectivity index (χ1n) is 23.6. The van der Waals surface area contributed by atoms with Crippen LogP contribution in [0.15, 0.2) is 146 Å². The molecular formula is C61H56FN4OPt-3. The molecule has 68 heavy (non-hydrogen) atoms. The summed E-state index contributed by atoms with van der Waals surface area (Å²) in [4.78, 5) is 9.38. The summed E-state index contributed by atoms with van der Waals surface area (Å²) in [5.41, 5.74) is 16.5. The van der Waals surface area contributed by atoms with Crippen molar-refractivity contribution in [2.24, 2.45) is 0 Å². The molecule has 0 unspecified atom stereocenters. The molecule has 2 aromatic heterocycles. The van der Waals surface area contributed by atoms with Crippen molar-refractivity contribution in [3.05, 3.63) is 198 Å². The minimum Gasteiger partial charge on any atom is -0.509 e. The number of benzene rings is 7. The molecule has 0 fully saturated rings. The summed E-state index contributed by atoms with van der Waals surface area (Å²) >= 11 is 0. The van der Waals surface area contributed by atoms with Crippen LogP contribution in [0.25, 0.3) is 49.9 Å². The van der Waals surface area contributed by atoms with E-state index in [0.29, 0.717) is 23.3 Å². The molecule has 7 aromatic carbocycles. The molecule has 0 radical (unpaired) electrons. The van der Waals surface area contributed by atoms with Gasteiger partial charge in [-0.05, 0) is 135 Å². The van der Waals surface area contributed by atoms with Crippen LogP contribution in [0.5, 0.6) is 11.5 Å². The number of pyridine rings is 1. The van der Waals surface area contributed by atoms with Crippen LogP contribution < -0.4 is 14.5 Å². The fraction of sp³-hybridized carbons (Fsp3) is 0.213. The molecule has 10 rings (SSSR count). The van der Waals surface area contributed by atoms with Crippen LogP contribution in [0, 0.1) is 31.5 Å². The number of nitrogens with zero attached hydrogens (tertiary/aromatic N) is 4. The van der Waals surface area contributed by atoms with Gasteiger partial charge in [0.15, 0.2) is 0 Å². The second kappa shape index (κ2) is 18.9. The Labute approximate surface area is 415 Å². The van der Waals surface area contributed by atoms with Crippen molar-refractivity contribution in [1.82, 2.24) is 9.55 Å². The quantitative estimate of drug-likeness (QED) is 0.121. The fourth-order valence-electron chi connectivity index (χ4n) is 9.45. The Morgan fingerprint density at radius 2 is 1.22 bits per heavy atom. The van der Waals surface area contributed by atoms with Crippen LogP contribution in [-0.2, 0) is 21.1 Å². The number of aromatic nitrogens is 2. The van der Waals surface area contributed by atoms with Gasteiger partial charge in [0.1, 0.15) is 11.6 Å². The van der Waals surface area contributed by atoms with Gasteiger partial charge in [0, 0.05) is 61.3 Å². The van der Waals surface area contributed by atoms with E-state index in [1.807, 2.05) is 42.6 Å². The molecule has 0 spiro atoms. The third-order valence-electron chi connectivity index (χ3n) is 13.1. The van der Waals surface area contributed by atoms with E-state index >= 15 is 0 Å². The Kier molecular flexibility index (Phi) is 12.9. The minimum absolute atomic E-state index is 0. The van der Waals surface area contributed by atoms with E-state index in [1.165, 1.54) is 27.8 Å². The first kappa shape index (κ1) is 46.6. The normalized spacial score (nSPS) is 12.6. The van der Waals surface area contributed by atoms with E-state index in [9.17, 15) is 4.39 Å². The molecule has 0 atom stereocenters. The van der Waals surface area contributed by atoms with E-state index in [4.69, 9.17) is 9.72 Å². The SMILES string of the molecule is Cc1ccc2c(c1)N(c1c(C(C)C)cc(-c3ccc(F)cc3)cc1C(C)C)[CH-]N2c1[c-]c(Oc2[c-]c3c(cc2)c2ccccc2n3-c2ccccn2)cc(-c2cc(C(C)C)cc(C(C)C)c2)c1.[Pt]. The van der Waals surface area contributed by atoms with Crippen LogP contribution in [0.4, 0.5) is 27.1 Å². The molecule has 0 amide bonds. The molecule has 0 bridgehead atoms. The predicted octanol–water partition coefficient (Wildman–Crippen LogP) is 17.3. The smallest absolute Gasteiger partial charge is 0.135 e. The molecule has 7 heteroatoms. The third kappa shape index (κ3) is 8.76. The van der Waals surface area contributed by atoms with Gasteiger partial charge in [-0.1, -0.05) is 122 Å². The maximum atomic E-state index is 14.1. The van der Waals surface area contributed by atoms with Crippen molar-refractivity contribution in [2.75, 3.05) is 9.80 Å². The van der Waals surface area contributed by atoms with E-state index in [1.54, 1.807) is 12.1 Å². The molecule has 0 aliphatic carbocycles. The zero-order chi connectivity index (χ0) is 46.7. The van der Waals surface area contributed by atoms with Gasteiger partial charge in [0.25, 0.3) is 0 Å². The summed E-state index contributed by atoms with van der Waals surface area (Å²) in [5, 5.41) is 2.20. The second-order valence-electron chi connectivity index (χ2n) is 19.2. The van der Waals surface area contributed by atoms with Crippen LogP contribution in [0.2, 0.25) is 0 Å². The maximum absolute atomic E-state index is 14.1. The standard InChI is InChI=1S/C61H56FN4O.Pt/c1-37(2)43-27-44(38(3)4)29-45(28-43)46-30-49(34-51(31-46)67-50-22-23-53-52-14-10-11-15-56(52)66(58(53)35-50)60-16-12-13-25-63-60)64-36-65(59-26-41(9)17-24-57(59)64)61-54(39(5)6)32-47(33-55(61)40(7)8)42-18-20-48(62)21-19-42;/h10-33,36-40H,1-9H3;/q-3;. The van der Waals surface area contributed by atoms with Crippen molar-refractivity contribution in [3.8, 4) is 39.6 Å². The number of aryl methyl sites for hydroxylation is 1. The first-order chi connectivity index (χ1) is 32.3. The zero-order valence-electron chi connectivity index (χ0n) is 40.1. The molecule has 1 aliphatic rings. The first-order valence-corrected chi connectivity index (χ1v) is 23.6. The Bertz CT molecular complexity index is 3240. The molecule has 0 N–H and O–H groups in total. The molecule has 9 aromatic rings. The molecule has 0 saturated heterocycles. The van der Waals surface area contributed by atoms with Gasteiger partial charge < -0.3 is 19.1 Å². The molecular weight excluding hydrogens is 1020 g/mol. The number of rotatable bonds is 11. The number of anilines is 4. The van der Waals surface area contributed by atoms with E-state index in [0.717, 1.165) is 72.6 Å². The Hall–Kier alpha value is -6.49. The van der Waals surface area contributed by atoms with Gasteiger partial charge in [-0.2, -0.15) is 6.07 Å². The zero-order valence-corrected chi connectivity index (χ0v) is 42.4. The molecule has 3 heterocycles. The van der Waals surface area contributed by atoms with E-state index in [2.05, 4.69) is 186 Å². The van der Waals surface area contributed by atoms with Crippen LogP contribution in [0.1, 0.15) is 107 Å². The number of hydrogen-bond donors (Lipinski definition) is 0. The molecule has 1 aliphatic heterocycles. The summed E-state index contributed by atoms with van der Waals surface area (Å²) in [6.45, 7) is 22.4. The minimum atomic E-state index is -0.238. The van der Waals surface area contributed by atoms with Crippen LogP contribution >= 0.6 is 0 Å². The topological polar surface area (TPSA) is 33.5 Å². The van der Waals surface area contributed by atoms with Gasteiger partial charge in [0.05, 0.1) is 0 Å². The van der Waals surface area contributed by atoms with Gasteiger partial charge >= 0.3 is 0 Å². The van der Waals surface area contributed by atoms with E-state index < -0.39 is 0 Å². The molecule has 0 saturated carbocycles. The third-order valence-corrected chi connectivity index (χ3v) is 13.1. The van der Waals surface area contributed by atoms with Crippen LogP contribution in [0.3, 0.4) is 0 Å². The Balaban J connectivity index is 0.00000578. The van der Waals surface area contributed by atoms with Crippen molar-refractivity contribution in [2.45, 2.75) is 86.0 Å². The number of ether oxygens (including phenoxy) is 1. The Morgan fingerprint density at radius 1 is 0.559 bits per heavy atom. The van der Waals surface area contributed by atoms with Crippen molar-refractivity contribution in [3.63, 3.8) is 0 Å². The van der Waals surface area contributed by atoms with Crippen molar-refractivity contribution < 1.29 is 30.2 Å². The molecule has 346 valence electrons. The predicted molar refractivity (Wildman–Crippen MR) is 276 cm³/mol. The van der Waals surface area contributed by atoms with Crippen molar-refractivity contribution in [1.29, 1.82) is 0 Å². The Morgan fingerprint density at radius 3 is 1.88 bits per heavy atom. The largest absolute Gasteiger partial charge is 0.509 e. The maximum Gasteiger partial charge on any atom is 0.135 e. The van der Waals surface area contributed by atoms with E-state index in [-0.39, 0.29) is 38.7 Å². The fourth-order valence-corrected chi connectivity index (χ4v) is 9.45. The summed E-state index contributed by atoms with van der Waals surface area (Å²) in [5.74, 6) is 2.85. The summed E-state index contributed by atoms with van der Waals surface area (Å²) < 4.78 is 23.2. The average Bonchev–Trinajstić information content (AvgIpc) is 3.86. The monoisotopic (exact) mass is 1070 g/mol. The van der Waals surface area contributed by atoms with Gasteiger partial charge in [0.2, 0.25) is 0 Å². The number of hydrogen-bond acceptors (Lipinski definition) is 4. The van der Waals surface area contributed by atoms with Gasteiger partial charge in [-0.15, -0.1) is 53.6 Å². The van der Waals surface area contributed by atoms with Gasteiger partial charge in [-0.3, -0.25) is 0 Å². The van der Waals surface area contributed by atoms with Crippen LogP contribution in [-0.4, -0.2) is 9.55 Å². The second-order valence-corrected chi connectivity index (χ2v) is 19.2. The number of halogens is 1. The summed E-state index contributed by atoms with van der Waals surface area (Å²) in [6, 6.07) is 55.4. The number of fused-ring (bicyclic) bond motifs is 4. The van der Waals surface area contributed by atoms with Gasteiger partial charge in [-0.25, -0.2) is 9.37 Å². The van der Waals surface area contributed by atoms with Crippen molar-refractivity contribution >= 4 is 44.6 Å². The molecule has 5 nitrogen and oxygen atoms in total. The summed E-state index contributed by atoms with van der Waals surface area (Å²) in [6.07, 6.45) is 1.82.